The quantitative estimate of drug-likeness (QED) is 0.320. The molecule has 4 N–H and O–H groups in total. The second-order valence-corrected chi connectivity index (χ2v) is 4.77. The highest BCUT2D eigenvalue weighted by atomic mass is 16.4. The van der Waals surface area contributed by atoms with Crippen molar-refractivity contribution >= 4 is 11.7 Å². The number of rotatable bonds is 5. The molecule has 6 heteroatoms. The van der Waals surface area contributed by atoms with Crippen molar-refractivity contribution in [2.24, 2.45) is 22.7 Å². The number of carbonyl (C=O) groups excluding carboxylic acids is 1. The maximum absolute atomic E-state index is 12.0. The molecule has 1 aromatic heterocycles. The van der Waals surface area contributed by atoms with E-state index >= 15 is 0 Å². The van der Waals surface area contributed by atoms with Crippen molar-refractivity contribution in [2.75, 3.05) is 0 Å². The predicted molar refractivity (Wildman–Crippen MR) is 72.6 cm³/mol. The SMILES string of the molecule is Cc1ccc(CNC(=O)C(C(N)=NO)C(C)C)cn1. The molecule has 0 saturated heterocycles. The van der Waals surface area contributed by atoms with E-state index in [0.29, 0.717) is 6.54 Å². The van der Waals surface area contributed by atoms with Crippen molar-refractivity contribution in [3.8, 4) is 0 Å². The van der Waals surface area contributed by atoms with Crippen molar-refractivity contribution in [1.82, 2.24) is 10.3 Å². The Bertz CT molecular complexity index is 454. The van der Waals surface area contributed by atoms with E-state index in [4.69, 9.17) is 10.9 Å². The Hall–Kier alpha value is -2.11. The van der Waals surface area contributed by atoms with Crippen LogP contribution in [-0.4, -0.2) is 21.9 Å². The number of carbonyl (C=O) groups is 1. The highest BCUT2D eigenvalue weighted by molar-refractivity contribution is 6.02. The van der Waals surface area contributed by atoms with E-state index in [1.54, 1.807) is 6.20 Å². The Morgan fingerprint density at radius 2 is 2.21 bits per heavy atom. The minimum Gasteiger partial charge on any atom is -0.409 e. The van der Waals surface area contributed by atoms with Crippen LogP contribution in [0.15, 0.2) is 23.5 Å². The molecule has 1 atom stereocenters. The van der Waals surface area contributed by atoms with Crippen LogP contribution in [-0.2, 0) is 11.3 Å². The molecule has 19 heavy (non-hydrogen) atoms. The van der Waals surface area contributed by atoms with Crippen molar-refractivity contribution in [3.63, 3.8) is 0 Å². The number of nitrogens with one attached hydrogen (secondary N) is 1. The summed E-state index contributed by atoms with van der Waals surface area (Å²) in [5, 5.41) is 14.4. The number of pyridine rings is 1. The van der Waals surface area contributed by atoms with Gasteiger partial charge in [-0.25, -0.2) is 0 Å². The standard InChI is InChI=1S/C13H20N4O2/c1-8(2)11(12(14)17-19)13(18)16-7-10-5-4-9(3)15-6-10/h4-6,8,11,19H,7H2,1-3H3,(H2,14,17)(H,16,18). The molecule has 0 fully saturated rings. The summed E-state index contributed by atoms with van der Waals surface area (Å²) in [5.74, 6) is -1.02. The zero-order valence-corrected chi connectivity index (χ0v) is 11.4. The lowest BCUT2D eigenvalue weighted by Crippen LogP contribution is -2.41. The number of nitrogens with zero attached hydrogens (tertiary/aromatic N) is 2. The summed E-state index contributed by atoms with van der Waals surface area (Å²) in [7, 11) is 0. The summed E-state index contributed by atoms with van der Waals surface area (Å²) < 4.78 is 0. The summed E-state index contributed by atoms with van der Waals surface area (Å²) in [6.07, 6.45) is 1.71. The zero-order valence-electron chi connectivity index (χ0n) is 11.4. The van der Waals surface area contributed by atoms with Gasteiger partial charge in [0.1, 0.15) is 5.92 Å². The molecule has 6 nitrogen and oxygen atoms in total. The topological polar surface area (TPSA) is 101 Å². The van der Waals surface area contributed by atoms with Gasteiger partial charge in [-0.1, -0.05) is 25.1 Å². The lowest BCUT2D eigenvalue weighted by atomic mass is 9.94. The predicted octanol–water partition coefficient (Wildman–Crippen LogP) is 1.02. The van der Waals surface area contributed by atoms with Crippen LogP contribution in [0.1, 0.15) is 25.1 Å². The van der Waals surface area contributed by atoms with E-state index in [2.05, 4.69) is 15.5 Å². The zero-order chi connectivity index (χ0) is 14.4. The van der Waals surface area contributed by atoms with Gasteiger partial charge in [-0.15, -0.1) is 0 Å². The number of oxime groups is 1. The Morgan fingerprint density at radius 1 is 1.53 bits per heavy atom. The molecule has 0 aliphatic rings. The third kappa shape index (κ3) is 4.24. The van der Waals surface area contributed by atoms with Gasteiger partial charge in [0, 0.05) is 18.4 Å². The van der Waals surface area contributed by atoms with Gasteiger partial charge in [0.2, 0.25) is 5.91 Å². The molecule has 0 bridgehead atoms. The molecule has 0 radical (unpaired) electrons. The highest BCUT2D eigenvalue weighted by Crippen LogP contribution is 2.11. The maximum Gasteiger partial charge on any atom is 0.231 e. The van der Waals surface area contributed by atoms with Gasteiger partial charge < -0.3 is 16.3 Å². The van der Waals surface area contributed by atoms with Gasteiger partial charge in [-0.3, -0.25) is 9.78 Å². The van der Waals surface area contributed by atoms with Crippen molar-refractivity contribution in [2.45, 2.75) is 27.3 Å². The molecule has 0 aliphatic carbocycles. The summed E-state index contributed by atoms with van der Waals surface area (Å²) in [5.41, 5.74) is 7.36. The Balaban J connectivity index is 2.65. The number of hydrogen-bond donors (Lipinski definition) is 3. The largest absolute Gasteiger partial charge is 0.409 e. The number of aromatic nitrogens is 1. The van der Waals surface area contributed by atoms with Crippen LogP contribution in [0.5, 0.6) is 0 Å². The number of nitrogens with two attached hydrogens (primary N) is 1. The Morgan fingerprint density at radius 3 is 2.68 bits per heavy atom. The second-order valence-electron chi connectivity index (χ2n) is 4.77. The molecule has 0 spiro atoms. The first kappa shape index (κ1) is 14.9. The van der Waals surface area contributed by atoms with E-state index < -0.39 is 5.92 Å². The molecule has 0 saturated carbocycles. The minimum absolute atomic E-state index is 0.0490. The fourth-order valence-corrected chi connectivity index (χ4v) is 1.74. The van der Waals surface area contributed by atoms with Gasteiger partial charge in [-0.2, -0.15) is 0 Å². The highest BCUT2D eigenvalue weighted by Gasteiger charge is 2.26. The van der Waals surface area contributed by atoms with E-state index in [0.717, 1.165) is 11.3 Å². The number of amides is 1. The van der Waals surface area contributed by atoms with E-state index in [1.807, 2.05) is 32.9 Å². The van der Waals surface area contributed by atoms with Crippen LogP contribution < -0.4 is 11.1 Å². The van der Waals surface area contributed by atoms with Crippen molar-refractivity contribution in [3.05, 3.63) is 29.6 Å². The van der Waals surface area contributed by atoms with E-state index in [9.17, 15) is 4.79 Å². The lowest BCUT2D eigenvalue weighted by molar-refractivity contribution is -0.124. The van der Waals surface area contributed by atoms with Gasteiger partial charge in [0.05, 0.1) is 0 Å². The number of hydrogen-bond acceptors (Lipinski definition) is 4. The third-order valence-corrected chi connectivity index (χ3v) is 2.82. The first-order valence-electron chi connectivity index (χ1n) is 6.12. The number of amidine groups is 1. The summed E-state index contributed by atoms with van der Waals surface area (Å²) in [6.45, 7) is 5.95. The van der Waals surface area contributed by atoms with Crippen LogP contribution in [0.25, 0.3) is 0 Å². The second kappa shape index (κ2) is 6.72. The average molecular weight is 264 g/mol. The maximum atomic E-state index is 12.0. The Kier molecular flexibility index (Phi) is 5.29. The van der Waals surface area contributed by atoms with Gasteiger partial charge >= 0.3 is 0 Å². The van der Waals surface area contributed by atoms with Gasteiger partial charge in [-0.05, 0) is 24.5 Å². The molecule has 1 unspecified atom stereocenters. The minimum atomic E-state index is -0.636. The normalized spacial score (nSPS) is 13.4. The smallest absolute Gasteiger partial charge is 0.231 e. The lowest BCUT2D eigenvalue weighted by Gasteiger charge is -2.18. The van der Waals surface area contributed by atoms with Gasteiger partial charge in [0.25, 0.3) is 0 Å². The first-order valence-corrected chi connectivity index (χ1v) is 6.12. The molecule has 0 aromatic carbocycles. The average Bonchev–Trinajstić information content (AvgIpc) is 2.37. The van der Waals surface area contributed by atoms with Crippen molar-refractivity contribution < 1.29 is 10.0 Å². The monoisotopic (exact) mass is 264 g/mol. The fraction of sp³-hybridized carbons (Fsp3) is 0.462. The molecular weight excluding hydrogens is 244 g/mol. The van der Waals surface area contributed by atoms with Crippen molar-refractivity contribution in [1.29, 1.82) is 0 Å². The molecule has 0 aliphatic heterocycles. The summed E-state index contributed by atoms with van der Waals surface area (Å²) in [4.78, 5) is 16.2. The number of aryl methyl sites for hydroxylation is 1. The molecule has 1 aromatic rings. The molecule has 1 rings (SSSR count). The van der Waals surface area contributed by atoms with Crippen LogP contribution in [0.3, 0.4) is 0 Å². The Labute approximate surface area is 112 Å². The fourth-order valence-electron chi connectivity index (χ4n) is 1.74. The van der Waals surface area contributed by atoms with E-state index in [1.165, 1.54) is 0 Å². The molecule has 1 amide bonds. The molecule has 1 heterocycles. The summed E-state index contributed by atoms with van der Waals surface area (Å²) >= 11 is 0. The third-order valence-electron chi connectivity index (χ3n) is 2.82. The summed E-state index contributed by atoms with van der Waals surface area (Å²) in [6, 6.07) is 3.78. The molecular formula is C13H20N4O2. The van der Waals surface area contributed by atoms with Crippen LogP contribution in [0, 0.1) is 18.8 Å². The first-order chi connectivity index (χ1) is 8.95. The molecule has 104 valence electrons. The van der Waals surface area contributed by atoms with Crippen LogP contribution >= 0.6 is 0 Å². The van der Waals surface area contributed by atoms with E-state index in [-0.39, 0.29) is 17.7 Å². The van der Waals surface area contributed by atoms with Gasteiger partial charge in [0.15, 0.2) is 5.84 Å². The van der Waals surface area contributed by atoms with Crippen LogP contribution in [0.2, 0.25) is 0 Å². The van der Waals surface area contributed by atoms with Crippen LogP contribution in [0.4, 0.5) is 0 Å².